The first kappa shape index (κ1) is 9.47. The highest BCUT2D eigenvalue weighted by molar-refractivity contribution is 5.68. The molecule has 1 unspecified atom stereocenters. The van der Waals surface area contributed by atoms with Crippen LogP contribution in [0.1, 0.15) is 30.9 Å². The second-order valence-corrected chi connectivity index (χ2v) is 4.59. The van der Waals surface area contributed by atoms with Gasteiger partial charge in [-0.2, -0.15) is 0 Å². The van der Waals surface area contributed by atoms with E-state index < -0.39 is 0 Å². The van der Waals surface area contributed by atoms with Crippen LogP contribution in [0.4, 0.5) is 0 Å². The van der Waals surface area contributed by atoms with Gasteiger partial charge in [-0.05, 0) is 42.9 Å². The third-order valence-corrected chi connectivity index (χ3v) is 2.98. The molecule has 0 amide bonds. The van der Waals surface area contributed by atoms with Gasteiger partial charge < -0.3 is 5.73 Å². The summed E-state index contributed by atoms with van der Waals surface area (Å²) in [6, 6.07) is 8.50. The van der Waals surface area contributed by atoms with Crippen molar-refractivity contribution in [3.05, 3.63) is 42.0 Å². The molecule has 0 radical (unpaired) electrons. The quantitative estimate of drug-likeness (QED) is 0.621. The van der Waals surface area contributed by atoms with Crippen molar-refractivity contribution >= 4 is 5.57 Å². The number of benzene rings is 1. The molecule has 0 bridgehead atoms. The van der Waals surface area contributed by atoms with E-state index in [1.807, 2.05) is 0 Å². The molecule has 0 aromatic heterocycles. The number of hydrogen-bond acceptors (Lipinski definition) is 1. The molecule has 0 aliphatic heterocycles. The maximum Gasteiger partial charge on any atom is 0.0169 e. The minimum absolute atomic E-state index is 0.0872. The summed E-state index contributed by atoms with van der Waals surface area (Å²) in [7, 11) is 0. The lowest BCUT2D eigenvalue weighted by atomic mass is 9.91. The summed E-state index contributed by atoms with van der Waals surface area (Å²) in [6.07, 6.45) is 3.02. The molecule has 1 heteroatoms. The summed E-state index contributed by atoms with van der Waals surface area (Å²) >= 11 is 0. The van der Waals surface area contributed by atoms with Gasteiger partial charge in [-0.1, -0.05) is 30.8 Å². The Morgan fingerprint density at radius 3 is 2.86 bits per heavy atom. The van der Waals surface area contributed by atoms with Crippen molar-refractivity contribution in [2.24, 2.45) is 5.73 Å². The minimum Gasteiger partial charge on any atom is -0.325 e. The average Bonchev–Trinajstić information content (AvgIpc) is 2.24. The first-order chi connectivity index (χ1) is 6.58. The maximum atomic E-state index is 6.19. The molecule has 14 heavy (non-hydrogen) atoms. The number of rotatable bonds is 0. The van der Waals surface area contributed by atoms with Crippen molar-refractivity contribution in [2.75, 3.05) is 0 Å². The van der Waals surface area contributed by atoms with Crippen molar-refractivity contribution in [1.82, 2.24) is 0 Å². The summed E-state index contributed by atoms with van der Waals surface area (Å²) in [5.41, 5.74) is 9.99. The predicted octanol–water partition coefficient (Wildman–Crippen LogP) is 2.75. The second-order valence-electron chi connectivity index (χ2n) is 4.59. The molecule has 1 atom stereocenters. The highest BCUT2D eigenvalue weighted by atomic mass is 14.7. The Kier molecular flexibility index (Phi) is 2.20. The zero-order valence-corrected chi connectivity index (χ0v) is 8.72. The summed E-state index contributed by atoms with van der Waals surface area (Å²) in [4.78, 5) is 0. The molecule has 0 saturated heterocycles. The fraction of sp³-hybridized carbons (Fsp3) is 0.385. The average molecular weight is 187 g/mol. The summed E-state index contributed by atoms with van der Waals surface area (Å²) < 4.78 is 0. The highest BCUT2D eigenvalue weighted by Gasteiger charge is 2.24. The van der Waals surface area contributed by atoms with Crippen LogP contribution in [0.2, 0.25) is 0 Å². The van der Waals surface area contributed by atoms with Gasteiger partial charge in [0.2, 0.25) is 0 Å². The lowest BCUT2D eigenvalue weighted by Crippen LogP contribution is -2.35. The van der Waals surface area contributed by atoms with E-state index in [2.05, 4.69) is 37.8 Å². The molecule has 2 rings (SSSR count). The lowest BCUT2D eigenvalue weighted by molar-refractivity contribution is 0.449. The van der Waals surface area contributed by atoms with Gasteiger partial charge in [0.05, 0.1) is 0 Å². The molecule has 1 aromatic rings. The number of hydrogen-bond donors (Lipinski definition) is 1. The summed E-state index contributed by atoms with van der Waals surface area (Å²) in [5.74, 6) is 0. The Morgan fingerprint density at radius 1 is 1.36 bits per heavy atom. The summed E-state index contributed by atoms with van der Waals surface area (Å²) in [6.45, 7) is 6.25. The van der Waals surface area contributed by atoms with Crippen molar-refractivity contribution < 1.29 is 0 Å². The number of fused-ring (bicyclic) bond motifs is 1. The summed E-state index contributed by atoms with van der Waals surface area (Å²) in [5, 5.41) is 0. The van der Waals surface area contributed by atoms with Gasteiger partial charge >= 0.3 is 0 Å². The predicted molar refractivity (Wildman–Crippen MR) is 61.0 cm³/mol. The molecule has 74 valence electrons. The first-order valence-electron chi connectivity index (χ1n) is 5.13. The Labute approximate surface area is 85.6 Å². The lowest BCUT2D eigenvalue weighted by Gasteiger charge is -2.22. The Bertz CT molecular complexity index is 363. The van der Waals surface area contributed by atoms with Crippen LogP contribution in [-0.4, -0.2) is 5.54 Å². The minimum atomic E-state index is -0.0872. The zero-order valence-electron chi connectivity index (χ0n) is 8.72. The van der Waals surface area contributed by atoms with Crippen molar-refractivity contribution in [3.63, 3.8) is 0 Å². The van der Waals surface area contributed by atoms with E-state index in [-0.39, 0.29) is 5.54 Å². The zero-order chi connectivity index (χ0) is 10.2. The van der Waals surface area contributed by atoms with E-state index in [1.54, 1.807) is 0 Å². The van der Waals surface area contributed by atoms with E-state index in [4.69, 9.17) is 5.73 Å². The molecule has 1 aliphatic carbocycles. The number of nitrogens with two attached hydrogens (primary N) is 1. The topological polar surface area (TPSA) is 26.0 Å². The Morgan fingerprint density at radius 2 is 2.07 bits per heavy atom. The normalized spacial score (nSPS) is 26.9. The van der Waals surface area contributed by atoms with Crippen LogP contribution in [0.5, 0.6) is 0 Å². The van der Waals surface area contributed by atoms with Gasteiger partial charge in [0.15, 0.2) is 0 Å². The van der Waals surface area contributed by atoms with E-state index in [0.29, 0.717) is 0 Å². The van der Waals surface area contributed by atoms with Crippen LogP contribution in [0.15, 0.2) is 30.8 Å². The first-order valence-corrected chi connectivity index (χ1v) is 5.13. The van der Waals surface area contributed by atoms with Crippen LogP contribution >= 0.6 is 0 Å². The van der Waals surface area contributed by atoms with Crippen LogP contribution in [0.25, 0.3) is 5.57 Å². The van der Waals surface area contributed by atoms with E-state index in [1.165, 1.54) is 16.7 Å². The van der Waals surface area contributed by atoms with Crippen molar-refractivity contribution in [1.29, 1.82) is 0 Å². The smallest absolute Gasteiger partial charge is 0.0169 e. The largest absolute Gasteiger partial charge is 0.325 e. The molecule has 2 N–H and O–H groups in total. The fourth-order valence-electron chi connectivity index (χ4n) is 2.17. The SMILES string of the molecule is C=C1CC(C)(N)CCc2ccccc21. The van der Waals surface area contributed by atoms with Gasteiger partial charge in [-0.15, -0.1) is 0 Å². The highest BCUT2D eigenvalue weighted by Crippen LogP contribution is 2.32. The molecular formula is C13H17N. The van der Waals surface area contributed by atoms with Crippen molar-refractivity contribution in [2.45, 2.75) is 31.7 Å². The van der Waals surface area contributed by atoms with Crippen LogP contribution in [0, 0.1) is 0 Å². The van der Waals surface area contributed by atoms with Crippen LogP contribution in [0.3, 0.4) is 0 Å². The molecule has 1 aliphatic rings. The molecule has 1 nitrogen and oxygen atoms in total. The van der Waals surface area contributed by atoms with Gasteiger partial charge in [0, 0.05) is 5.54 Å². The molecule has 1 aromatic carbocycles. The van der Waals surface area contributed by atoms with E-state index in [9.17, 15) is 0 Å². The monoisotopic (exact) mass is 187 g/mol. The molecule has 0 fully saturated rings. The molecule has 0 heterocycles. The number of aryl methyl sites for hydroxylation is 1. The van der Waals surface area contributed by atoms with Gasteiger partial charge in [-0.25, -0.2) is 0 Å². The third kappa shape index (κ3) is 1.73. The molecular weight excluding hydrogens is 170 g/mol. The molecule has 0 spiro atoms. The standard InChI is InChI=1S/C13H17N/c1-10-9-13(2,14)8-7-11-5-3-4-6-12(10)11/h3-6H,1,7-9,14H2,2H3. The second kappa shape index (κ2) is 3.25. The fourth-order valence-corrected chi connectivity index (χ4v) is 2.17. The van der Waals surface area contributed by atoms with E-state index >= 15 is 0 Å². The van der Waals surface area contributed by atoms with Gasteiger partial charge in [-0.3, -0.25) is 0 Å². The van der Waals surface area contributed by atoms with Crippen LogP contribution in [-0.2, 0) is 6.42 Å². The Hall–Kier alpha value is -1.08. The van der Waals surface area contributed by atoms with Crippen molar-refractivity contribution in [3.8, 4) is 0 Å². The Balaban J connectivity index is 2.41. The van der Waals surface area contributed by atoms with Crippen LogP contribution < -0.4 is 5.73 Å². The van der Waals surface area contributed by atoms with E-state index in [0.717, 1.165) is 19.3 Å². The molecule has 0 saturated carbocycles. The maximum absolute atomic E-state index is 6.19. The third-order valence-electron chi connectivity index (χ3n) is 2.98. The van der Waals surface area contributed by atoms with Gasteiger partial charge in [0.25, 0.3) is 0 Å². The van der Waals surface area contributed by atoms with Gasteiger partial charge in [0.1, 0.15) is 0 Å².